The van der Waals surface area contributed by atoms with Crippen molar-refractivity contribution in [2.75, 3.05) is 11.4 Å². The van der Waals surface area contributed by atoms with Crippen LogP contribution in [0.15, 0.2) is 60.7 Å². The lowest BCUT2D eigenvalue weighted by molar-refractivity contribution is 0.985. The average molecular weight is 297 g/mol. The number of halogens is 1. The summed E-state index contributed by atoms with van der Waals surface area (Å²) in [7, 11) is 0. The summed E-state index contributed by atoms with van der Waals surface area (Å²) < 4.78 is 0. The van der Waals surface area contributed by atoms with Crippen LogP contribution in [0.25, 0.3) is 10.9 Å². The standard InChI is InChI=1S/C18H17ClN2/c1-2-21(16-9-4-3-5-10-16)18-15(13-19)12-14-8-6-7-11-17(14)20-18/h3-12H,2,13H2,1H3. The minimum atomic E-state index is 0.455. The molecule has 0 aliphatic heterocycles. The maximum Gasteiger partial charge on any atom is 0.138 e. The molecule has 0 spiro atoms. The molecular formula is C18H17ClN2. The molecule has 1 heterocycles. The van der Waals surface area contributed by atoms with Crippen LogP contribution < -0.4 is 4.90 Å². The molecule has 0 fully saturated rings. The molecule has 0 bridgehead atoms. The molecule has 0 amide bonds. The normalized spacial score (nSPS) is 10.8. The van der Waals surface area contributed by atoms with Gasteiger partial charge in [-0.05, 0) is 31.2 Å². The molecule has 0 atom stereocenters. The number of para-hydroxylation sites is 2. The van der Waals surface area contributed by atoms with E-state index in [1.54, 1.807) is 0 Å². The summed E-state index contributed by atoms with van der Waals surface area (Å²) in [6.07, 6.45) is 0. The summed E-state index contributed by atoms with van der Waals surface area (Å²) in [4.78, 5) is 7.03. The van der Waals surface area contributed by atoms with Crippen molar-refractivity contribution in [2.24, 2.45) is 0 Å². The number of aromatic nitrogens is 1. The van der Waals surface area contributed by atoms with E-state index in [0.717, 1.165) is 34.5 Å². The van der Waals surface area contributed by atoms with Gasteiger partial charge < -0.3 is 4.90 Å². The smallest absolute Gasteiger partial charge is 0.138 e. The van der Waals surface area contributed by atoms with Crippen LogP contribution in [0.5, 0.6) is 0 Å². The van der Waals surface area contributed by atoms with Gasteiger partial charge in [-0.2, -0.15) is 0 Å². The SMILES string of the molecule is CCN(c1ccccc1)c1nc2ccccc2cc1CCl. The number of alkyl halides is 1. The van der Waals surface area contributed by atoms with Crippen LogP contribution in [-0.2, 0) is 5.88 Å². The van der Waals surface area contributed by atoms with E-state index in [0.29, 0.717) is 5.88 Å². The first-order chi connectivity index (χ1) is 10.3. The summed E-state index contributed by atoms with van der Waals surface area (Å²) >= 11 is 6.15. The first-order valence-electron chi connectivity index (χ1n) is 7.10. The van der Waals surface area contributed by atoms with Gasteiger partial charge in [-0.15, -0.1) is 11.6 Å². The quantitative estimate of drug-likeness (QED) is 0.620. The number of fused-ring (bicyclic) bond motifs is 1. The van der Waals surface area contributed by atoms with Crippen LogP contribution in [0.4, 0.5) is 11.5 Å². The highest BCUT2D eigenvalue weighted by Gasteiger charge is 2.14. The Kier molecular flexibility index (Phi) is 4.07. The van der Waals surface area contributed by atoms with E-state index in [4.69, 9.17) is 16.6 Å². The van der Waals surface area contributed by atoms with Gasteiger partial charge in [-0.3, -0.25) is 0 Å². The zero-order valence-corrected chi connectivity index (χ0v) is 12.7. The van der Waals surface area contributed by atoms with Crippen LogP contribution in [0, 0.1) is 0 Å². The molecule has 3 rings (SSSR count). The van der Waals surface area contributed by atoms with Crippen molar-refractivity contribution in [3.63, 3.8) is 0 Å². The monoisotopic (exact) mass is 296 g/mol. The zero-order valence-electron chi connectivity index (χ0n) is 12.0. The molecule has 2 nitrogen and oxygen atoms in total. The third kappa shape index (κ3) is 2.72. The van der Waals surface area contributed by atoms with Crippen LogP contribution in [0.1, 0.15) is 12.5 Å². The number of pyridine rings is 1. The van der Waals surface area contributed by atoms with E-state index < -0.39 is 0 Å². The van der Waals surface area contributed by atoms with Crippen LogP contribution >= 0.6 is 11.6 Å². The summed E-state index contributed by atoms with van der Waals surface area (Å²) in [5.74, 6) is 1.40. The van der Waals surface area contributed by atoms with Gasteiger partial charge in [0.25, 0.3) is 0 Å². The number of rotatable bonds is 4. The zero-order chi connectivity index (χ0) is 14.7. The van der Waals surface area contributed by atoms with E-state index in [9.17, 15) is 0 Å². The Hall–Kier alpha value is -2.06. The maximum absolute atomic E-state index is 6.15. The molecule has 2 aromatic carbocycles. The van der Waals surface area contributed by atoms with E-state index in [-0.39, 0.29) is 0 Å². The van der Waals surface area contributed by atoms with Crippen molar-refractivity contribution in [2.45, 2.75) is 12.8 Å². The molecule has 106 valence electrons. The van der Waals surface area contributed by atoms with Crippen LogP contribution in [0.2, 0.25) is 0 Å². The summed E-state index contributed by atoms with van der Waals surface area (Å²) in [5, 5.41) is 1.13. The molecule has 0 aliphatic rings. The number of anilines is 2. The lowest BCUT2D eigenvalue weighted by Crippen LogP contribution is -2.19. The molecule has 0 aliphatic carbocycles. The molecule has 0 saturated heterocycles. The second kappa shape index (κ2) is 6.15. The van der Waals surface area contributed by atoms with Gasteiger partial charge in [0, 0.05) is 23.2 Å². The third-order valence-corrected chi connectivity index (χ3v) is 3.85. The maximum atomic E-state index is 6.15. The minimum absolute atomic E-state index is 0.455. The van der Waals surface area contributed by atoms with Gasteiger partial charge in [0.2, 0.25) is 0 Å². The van der Waals surface area contributed by atoms with Crippen molar-refractivity contribution < 1.29 is 0 Å². The van der Waals surface area contributed by atoms with Gasteiger partial charge in [-0.1, -0.05) is 36.4 Å². The second-order valence-corrected chi connectivity index (χ2v) is 5.14. The van der Waals surface area contributed by atoms with Crippen LogP contribution in [0.3, 0.4) is 0 Å². The Morgan fingerprint density at radius 3 is 2.43 bits per heavy atom. The highest BCUT2D eigenvalue weighted by atomic mass is 35.5. The van der Waals surface area contributed by atoms with Gasteiger partial charge in [0.1, 0.15) is 5.82 Å². The fourth-order valence-electron chi connectivity index (χ4n) is 2.54. The fourth-order valence-corrected chi connectivity index (χ4v) is 2.74. The third-order valence-electron chi connectivity index (χ3n) is 3.56. The Labute approximate surface area is 130 Å². The first kappa shape index (κ1) is 13.9. The van der Waals surface area contributed by atoms with Gasteiger partial charge in [0.05, 0.1) is 11.4 Å². The minimum Gasteiger partial charge on any atom is -0.326 e. The van der Waals surface area contributed by atoms with E-state index in [1.807, 2.05) is 36.4 Å². The topological polar surface area (TPSA) is 16.1 Å². The molecule has 3 heteroatoms. The fraction of sp³-hybridized carbons (Fsp3) is 0.167. The summed E-state index contributed by atoms with van der Waals surface area (Å²) in [6, 6.07) is 20.6. The Bertz CT molecular complexity index is 741. The molecular weight excluding hydrogens is 280 g/mol. The number of benzene rings is 2. The van der Waals surface area contributed by atoms with Crippen molar-refractivity contribution in [1.82, 2.24) is 4.98 Å². The highest BCUT2D eigenvalue weighted by molar-refractivity contribution is 6.17. The van der Waals surface area contributed by atoms with E-state index in [2.05, 4.69) is 36.1 Å². The van der Waals surface area contributed by atoms with Gasteiger partial charge >= 0.3 is 0 Å². The predicted molar refractivity (Wildman–Crippen MR) is 90.4 cm³/mol. The molecule has 0 radical (unpaired) electrons. The Morgan fingerprint density at radius 1 is 1.00 bits per heavy atom. The van der Waals surface area contributed by atoms with Crippen LogP contribution in [-0.4, -0.2) is 11.5 Å². The summed E-state index contributed by atoms with van der Waals surface area (Å²) in [6.45, 7) is 2.97. The molecule has 0 saturated carbocycles. The predicted octanol–water partition coefficient (Wildman–Crippen LogP) is 5.13. The van der Waals surface area contributed by atoms with Gasteiger partial charge in [0.15, 0.2) is 0 Å². The Balaban J connectivity index is 2.17. The number of hydrogen-bond acceptors (Lipinski definition) is 2. The molecule has 3 aromatic rings. The molecule has 0 N–H and O–H groups in total. The molecule has 0 unspecified atom stereocenters. The second-order valence-electron chi connectivity index (χ2n) is 4.88. The lowest BCUT2D eigenvalue weighted by Gasteiger charge is -2.24. The Morgan fingerprint density at radius 2 is 1.71 bits per heavy atom. The number of hydrogen-bond donors (Lipinski definition) is 0. The highest BCUT2D eigenvalue weighted by Crippen LogP contribution is 2.30. The van der Waals surface area contributed by atoms with Crippen molar-refractivity contribution in [1.29, 1.82) is 0 Å². The average Bonchev–Trinajstić information content (AvgIpc) is 2.56. The summed E-state index contributed by atoms with van der Waals surface area (Å²) in [5.41, 5.74) is 3.19. The number of nitrogens with zero attached hydrogens (tertiary/aromatic N) is 2. The lowest BCUT2D eigenvalue weighted by atomic mass is 10.1. The first-order valence-corrected chi connectivity index (χ1v) is 7.64. The van der Waals surface area contributed by atoms with Crippen molar-refractivity contribution >= 4 is 34.0 Å². The van der Waals surface area contributed by atoms with Gasteiger partial charge in [-0.25, -0.2) is 4.98 Å². The molecule has 21 heavy (non-hydrogen) atoms. The van der Waals surface area contributed by atoms with Crippen molar-refractivity contribution in [3.05, 3.63) is 66.2 Å². The largest absolute Gasteiger partial charge is 0.326 e. The van der Waals surface area contributed by atoms with E-state index in [1.165, 1.54) is 0 Å². The van der Waals surface area contributed by atoms with Crippen molar-refractivity contribution in [3.8, 4) is 0 Å². The van der Waals surface area contributed by atoms with E-state index >= 15 is 0 Å². The molecule has 1 aromatic heterocycles.